The summed E-state index contributed by atoms with van der Waals surface area (Å²) in [5, 5.41) is 23.3. The molecule has 0 heterocycles. The van der Waals surface area contributed by atoms with Crippen molar-refractivity contribution < 1.29 is 24.5 Å². The number of esters is 1. The molecule has 0 fully saturated rings. The SMILES string of the molecule is CCCCCCCCCCCCCCCCCCCCCCCC/C=C/C(O)C(CO)NC(=O)CCCCCCCCC/C=C\CCCCCCCCCCCCCCOC(=O)CCCCCCCCCCCCCCC. The first-order valence-electron chi connectivity index (χ1n) is 35.1. The molecule has 0 radical (unpaired) electrons. The van der Waals surface area contributed by atoms with Gasteiger partial charge in [0.15, 0.2) is 0 Å². The fraction of sp³-hybridized carbons (Fsp3) is 0.915. The Hall–Kier alpha value is -1.66. The zero-order valence-electron chi connectivity index (χ0n) is 52.2. The number of aliphatic hydroxyl groups excluding tert-OH is 2. The van der Waals surface area contributed by atoms with Gasteiger partial charge in [-0.1, -0.05) is 346 Å². The number of hydrogen-bond donors (Lipinski definition) is 3. The third-order valence-electron chi connectivity index (χ3n) is 16.5. The topological polar surface area (TPSA) is 95.9 Å². The van der Waals surface area contributed by atoms with Crippen LogP contribution in [0.2, 0.25) is 0 Å². The zero-order valence-corrected chi connectivity index (χ0v) is 52.2. The van der Waals surface area contributed by atoms with Crippen LogP contribution in [0.5, 0.6) is 0 Å². The molecule has 0 aromatic heterocycles. The van der Waals surface area contributed by atoms with E-state index in [0.29, 0.717) is 19.4 Å². The summed E-state index contributed by atoms with van der Waals surface area (Å²) in [7, 11) is 0. The summed E-state index contributed by atoms with van der Waals surface area (Å²) in [6.07, 6.45) is 83.9. The summed E-state index contributed by atoms with van der Waals surface area (Å²) in [5.41, 5.74) is 0. The normalized spacial score (nSPS) is 12.6. The quantitative estimate of drug-likeness (QED) is 0.0320. The van der Waals surface area contributed by atoms with Crippen LogP contribution in [-0.2, 0) is 14.3 Å². The van der Waals surface area contributed by atoms with Crippen LogP contribution in [0.3, 0.4) is 0 Å². The van der Waals surface area contributed by atoms with Crippen molar-refractivity contribution in [2.24, 2.45) is 0 Å². The van der Waals surface area contributed by atoms with E-state index in [1.165, 1.54) is 321 Å². The summed E-state index contributed by atoms with van der Waals surface area (Å²) < 4.78 is 5.48. The van der Waals surface area contributed by atoms with Crippen LogP contribution in [0.4, 0.5) is 0 Å². The van der Waals surface area contributed by atoms with E-state index in [0.717, 1.165) is 44.9 Å². The third kappa shape index (κ3) is 63.4. The number of carbonyl (C=O) groups is 2. The number of rotatable bonds is 66. The maximum atomic E-state index is 12.5. The second-order valence-corrected chi connectivity index (χ2v) is 24.2. The standard InChI is InChI=1S/C71H137NO5/c1-3-5-7-9-11-13-15-17-18-19-20-21-22-24-27-30-33-36-40-43-47-51-55-59-63-69(74)68(67-73)72-70(75)64-60-56-52-48-44-41-37-34-31-28-25-23-26-29-32-35-38-42-46-50-54-58-62-66-77-71(76)65-61-57-53-49-45-39-16-14-12-10-8-6-4-2/h28,31,59,63,68-69,73-74H,3-27,29-30,32-58,60-62,64-67H2,1-2H3,(H,72,75)/b31-28-,63-59+. The van der Waals surface area contributed by atoms with E-state index in [2.05, 4.69) is 31.3 Å². The molecule has 0 aromatic rings. The highest BCUT2D eigenvalue weighted by Crippen LogP contribution is 2.19. The van der Waals surface area contributed by atoms with Crippen molar-refractivity contribution in [2.75, 3.05) is 13.2 Å². The zero-order chi connectivity index (χ0) is 55.7. The van der Waals surface area contributed by atoms with Gasteiger partial charge >= 0.3 is 5.97 Å². The predicted molar refractivity (Wildman–Crippen MR) is 338 cm³/mol. The van der Waals surface area contributed by atoms with Crippen LogP contribution in [0.25, 0.3) is 0 Å². The number of ether oxygens (including phenoxy) is 1. The number of aliphatic hydroxyl groups is 2. The van der Waals surface area contributed by atoms with Crippen LogP contribution < -0.4 is 5.32 Å². The Balaban J connectivity index is 3.43. The summed E-state index contributed by atoms with van der Waals surface area (Å²) >= 11 is 0. The molecule has 0 saturated heterocycles. The van der Waals surface area contributed by atoms with Gasteiger partial charge in [0.05, 0.1) is 25.4 Å². The molecule has 0 rings (SSSR count). The van der Waals surface area contributed by atoms with Gasteiger partial charge in [0, 0.05) is 12.8 Å². The molecular formula is C71H137NO5. The molecule has 2 unspecified atom stereocenters. The van der Waals surface area contributed by atoms with Crippen molar-refractivity contribution in [3.05, 3.63) is 24.3 Å². The van der Waals surface area contributed by atoms with Gasteiger partial charge in [0.2, 0.25) is 5.91 Å². The monoisotopic (exact) mass is 1080 g/mol. The van der Waals surface area contributed by atoms with Crippen molar-refractivity contribution in [3.8, 4) is 0 Å². The van der Waals surface area contributed by atoms with Crippen LogP contribution >= 0.6 is 0 Å². The predicted octanol–water partition coefficient (Wildman–Crippen LogP) is 22.5. The molecule has 0 aliphatic carbocycles. The van der Waals surface area contributed by atoms with Crippen LogP contribution in [-0.4, -0.2) is 47.4 Å². The minimum atomic E-state index is -0.850. The van der Waals surface area contributed by atoms with Crippen LogP contribution in [0.1, 0.15) is 393 Å². The van der Waals surface area contributed by atoms with Crippen molar-refractivity contribution in [1.29, 1.82) is 0 Å². The smallest absolute Gasteiger partial charge is 0.305 e. The van der Waals surface area contributed by atoms with E-state index in [4.69, 9.17) is 4.74 Å². The van der Waals surface area contributed by atoms with E-state index in [-0.39, 0.29) is 18.5 Å². The van der Waals surface area contributed by atoms with Gasteiger partial charge in [-0.05, 0) is 57.8 Å². The van der Waals surface area contributed by atoms with Gasteiger partial charge in [-0.15, -0.1) is 0 Å². The van der Waals surface area contributed by atoms with Gasteiger partial charge in [0.1, 0.15) is 0 Å². The molecule has 0 spiro atoms. The first kappa shape index (κ1) is 75.3. The highest BCUT2D eigenvalue weighted by Gasteiger charge is 2.18. The summed E-state index contributed by atoms with van der Waals surface area (Å²) in [5.74, 6) is -0.0566. The van der Waals surface area contributed by atoms with E-state index >= 15 is 0 Å². The summed E-state index contributed by atoms with van der Waals surface area (Å²) in [6.45, 7) is 4.94. The molecule has 456 valence electrons. The maximum Gasteiger partial charge on any atom is 0.305 e. The van der Waals surface area contributed by atoms with E-state index in [1.807, 2.05) is 6.08 Å². The molecule has 0 aliphatic heterocycles. The van der Waals surface area contributed by atoms with Gasteiger partial charge in [-0.2, -0.15) is 0 Å². The highest BCUT2D eigenvalue weighted by atomic mass is 16.5. The lowest BCUT2D eigenvalue weighted by atomic mass is 10.0. The first-order valence-corrected chi connectivity index (χ1v) is 35.1. The number of amides is 1. The van der Waals surface area contributed by atoms with Crippen molar-refractivity contribution in [3.63, 3.8) is 0 Å². The molecule has 3 N–H and O–H groups in total. The lowest BCUT2D eigenvalue weighted by molar-refractivity contribution is -0.143. The fourth-order valence-corrected chi connectivity index (χ4v) is 11.1. The molecule has 0 saturated carbocycles. The van der Waals surface area contributed by atoms with Gasteiger partial charge in [-0.3, -0.25) is 9.59 Å². The fourth-order valence-electron chi connectivity index (χ4n) is 11.1. The first-order chi connectivity index (χ1) is 38.0. The lowest BCUT2D eigenvalue weighted by Crippen LogP contribution is -2.45. The van der Waals surface area contributed by atoms with Crippen LogP contribution in [0.15, 0.2) is 24.3 Å². The van der Waals surface area contributed by atoms with Gasteiger partial charge in [0.25, 0.3) is 0 Å². The van der Waals surface area contributed by atoms with Crippen molar-refractivity contribution in [2.45, 2.75) is 405 Å². The second kappa shape index (κ2) is 66.8. The summed E-state index contributed by atoms with van der Waals surface area (Å²) in [4.78, 5) is 24.6. The van der Waals surface area contributed by atoms with Gasteiger partial charge in [-0.25, -0.2) is 0 Å². The summed E-state index contributed by atoms with van der Waals surface area (Å²) in [6, 6.07) is -0.634. The molecule has 0 aliphatic rings. The van der Waals surface area contributed by atoms with E-state index in [9.17, 15) is 19.8 Å². The molecule has 6 heteroatoms. The highest BCUT2D eigenvalue weighted by molar-refractivity contribution is 5.76. The Bertz CT molecular complexity index is 1200. The number of unbranched alkanes of at least 4 members (excludes halogenated alkanes) is 53. The molecule has 0 aromatic carbocycles. The lowest BCUT2D eigenvalue weighted by Gasteiger charge is -2.20. The average molecular weight is 1080 g/mol. The Labute approximate surface area is 481 Å². The van der Waals surface area contributed by atoms with Crippen molar-refractivity contribution in [1.82, 2.24) is 5.32 Å². The number of carbonyl (C=O) groups excluding carboxylic acids is 2. The molecule has 6 nitrogen and oxygen atoms in total. The molecule has 2 atom stereocenters. The van der Waals surface area contributed by atoms with Crippen LogP contribution in [0, 0.1) is 0 Å². The maximum absolute atomic E-state index is 12.5. The third-order valence-corrected chi connectivity index (χ3v) is 16.5. The Kier molecular flexibility index (Phi) is 65.4. The Morgan fingerprint density at radius 2 is 0.610 bits per heavy atom. The molecule has 77 heavy (non-hydrogen) atoms. The minimum Gasteiger partial charge on any atom is -0.466 e. The largest absolute Gasteiger partial charge is 0.466 e. The van der Waals surface area contributed by atoms with E-state index < -0.39 is 12.1 Å². The minimum absolute atomic E-state index is 0.0133. The van der Waals surface area contributed by atoms with Gasteiger partial charge < -0.3 is 20.3 Å². The molecular weight excluding hydrogens is 947 g/mol. The Morgan fingerprint density at radius 1 is 0.351 bits per heavy atom. The number of allylic oxidation sites excluding steroid dienone is 3. The average Bonchev–Trinajstić information content (AvgIpc) is 3.43. The molecule has 1 amide bonds. The number of nitrogens with one attached hydrogen (secondary N) is 1. The second-order valence-electron chi connectivity index (χ2n) is 24.2. The Morgan fingerprint density at radius 3 is 0.922 bits per heavy atom. The van der Waals surface area contributed by atoms with E-state index in [1.54, 1.807) is 6.08 Å². The molecule has 0 bridgehead atoms. The van der Waals surface area contributed by atoms with Crippen molar-refractivity contribution >= 4 is 11.9 Å². The number of hydrogen-bond acceptors (Lipinski definition) is 5.